The Morgan fingerprint density at radius 3 is 2.52 bits per heavy atom. The molecule has 2 saturated carbocycles. The molecule has 0 unspecified atom stereocenters. The highest BCUT2D eigenvalue weighted by molar-refractivity contribution is 7.99. The molecule has 0 aliphatic heterocycles. The summed E-state index contributed by atoms with van der Waals surface area (Å²) >= 11 is 8.40. The molecular formula is C39H50ClN3O8S. The van der Waals surface area contributed by atoms with E-state index in [9.17, 15) is 30.0 Å². The maximum Gasteiger partial charge on any atom is 0.254 e. The van der Waals surface area contributed by atoms with Crippen molar-refractivity contribution in [1.29, 1.82) is 0 Å². The second-order valence-corrected chi connectivity index (χ2v) is 15.4. The van der Waals surface area contributed by atoms with Crippen LogP contribution in [0.3, 0.4) is 0 Å². The summed E-state index contributed by atoms with van der Waals surface area (Å²) in [6.45, 7) is 0.959. The Labute approximate surface area is 314 Å². The third-order valence-electron chi connectivity index (χ3n) is 9.80. The largest absolute Gasteiger partial charge is 0.490 e. The number of unbranched alkanes of at least 4 members (excludes halogenated alkanes) is 1. The molecule has 3 aromatic rings. The number of carbonyl (C=O) groups is 2. The van der Waals surface area contributed by atoms with E-state index in [0.29, 0.717) is 12.5 Å². The van der Waals surface area contributed by atoms with E-state index in [-0.39, 0.29) is 31.0 Å². The Kier molecular flexibility index (Phi) is 14.4. The number of benzene rings is 2. The van der Waals surface area contributed by atoms with Gasteiger partial charge in [-0.2, -0.15) is 0 Å². The van der Waals surface area contributed by atoms with Crippen molar-refractivity contribution in [2.75, 3.05) is 32.0 Å². The number of hydrogen-bond donors (Lipinski definition) is 6. The van der Waals surface area contributed by atoms with Crippen molar-refractivity contribution in [3.8, 4) is 16.9 Å². The van der Waals surface area contributed by atoms with Crippen molar-refractivity contribution in [3.05, 3.63) is 77.1 Å². The molecule has 1 aromatic heterocycles. The Hall–Kier alpha value is -3.23. The molecule has 5 rings (SSSR count). The van der Waals surface area contributed by atoms with E-state index in [1.807, 2.05) is 30.6 Å². The van der Waals surface area contributed by atoms with E-state index in [0.717, 1.165) is 77.5 Å². The summed E-state index contributed by atoms with van der Waals surface area (Å²) < 4.78 is 6.27. The molecule has 2 fully saturated rings. The normalized spacial score (nSPS) is 17.1. The molecule has 13 heteroatoms. The molecule has 52 heavy (non-hydrogen) atoms. The predicted molar refractivity (Wildman–Crippen MR) is 200 cm³/mol. The first kappa shape index (κ1) is 40.0. The second kappa shape index (κ2) is 18.7. The van der Waals surface area contributed by atoms with E-state index in [1.165, 1.54) is 23.0 Å². The van der Waals surface area contributed by atoms with Crippen LogP contribution in [0.4, 0.5) is 0 Å². The highest BCUT2D eigenvalue weighted by Crippen LogP contribution is 2.55. The highest BCUT2D eigenvalue weighted by atomic mass is 35.5. The SMILES string of the molecule is CC(=O)NCCN(CCCCSc1ccc(Cl)c(CCC2(c3cnccc3-c3ccccc3OC3CC3)CC2)c1)C(=O)[C@@H](O)[C@@H](O)[C@H](O)[C@@H](O)CO. The topological polar surface area (TPSA) is 173 Å². The van der Waals surface area contributed by atoms with Gasteiger partial charge in [0.25, 0.3) is 5.91 Å². The number of ether oxygens (including phenoxy) is 1. The first-order valence-electron chi connectivity index (χ1n) is 18.0. The predicted octanol–water partition coefficient (Wildman–Crippen LogP) is 3.88. The lowest BCUT2D eigenvalue weighted by Gasteiger charge is -2.30. The van der Waals surface area contributed by atoms with Crippen LogP contribution in [0.25, 0.3) is 11.1 Å². The van der Waals surface area contributed by atoms with Gasteiger partial charge in [0.05, 0.1) is 12.7 Å². The standard InChI is InChI=1S/C39H50ClN3O8S/c1-25(45)42-18-20-43(38(50)37(49)36(48)35(47)33(46)24-44)19-4-5-21-52-28-10-11-32(40)26(22-28)12-14-39(15-16-39)31-23-41-17-13-29(31)30-6-2-3-7-34(30)51-27-8-9-27/h2-3,6-7,10-11,13,17,22-23,27,33,35-37,44,46-49H,4-5,8-9,12,14-16,18-21,24H2,1H3,(H,42,45)/t33-,35+,36-,37-/m0/s1. The van der Waals surface area contributed by atoms with Crippen molar-refractivity contribution in [3.63, 3.8) is 0 Å². The number of nitrogens with zero attached hydrogens (tertiary/aromatic N) is 2. The number of aliphatic hydroxyl groups is 5. The zero-order valence-electron chi connectivity index (χ0n) is 29.5. The van der Waals surface area contributed by atoms with Gasteiger partial charge < -0.3 is 40.5 Å². The van der Waals surface area contributed by atoms with Gasteiger partial charge in [0.2, 0.25) is 5.91 Å². The zero-order valence-corrected chi connectivity index (χ0v) is 31.1. The number of nitrogens with one attached hydrogen (secondary N) is 1. The number of para-hydroxylation sites is 1. The summed E-state index contributed by atoms with van der Waals surface area (Å²) in [6, 6.07) is 16.5. The number of carbonyl (C=O) groups excluding carboxylic acids is 2. The monoisotopic (exact) mass is 755 g/mol. The Morgan fingerprint density at radius 2 is 1.81 bits per heavy atom. The number of hydrogen-bond acceptors (Lipinski definition) is 10. The average Bonchev–Trinajstić information content (AvgIpc) is 4.10. The van der Waals surface area contributed by atoms with Crippen LogP contribution in [0.1, 0.15) is 63.0 Å². The van der Waals surface area contributed by atoms with Crippen LogP contribution < -0.4 is 10.1 Å². The van der Waals surface area contributed by atoms with Crippen LogP contribution in [0.15, 0.2) is 65.8 Å². The van der Waals surface area contributed by atoms with E-state index in [1.54, 1.807) is 11.8 Å². The number of halogens is 1. The molecule has 2 aromatic carbocycles. The molecule has 2 aliphatic carbocycles. The smallest absolute Gasteiger partial charge is 0.254 e. The summed E-state index contributed by atoms with van der Waals surface area (Å²) in [7, 11) is 0. The van der Waals surface area contributed by atoms with Gasteiger partial charge in [-0.15, -0.1) is 11.8 Å². The fraction of sp³-hybridized carbons (Fsp3) is 0.513. The van der Waals surface area contributed by atoms with Crippen molar-refractivity contribution in [1.82, 2.24) is 15.2 Å². The van der Waals surface area contributed by atoms with Gasteiger partial charge in [0.1, 0.15) is 24.1 Å². The van der Waals surface area contributed by atoms with Crippen molar-refractivity contribution in [2.24, 2.45) is 0 Å². The summed E-state index contributed by atoms with van der Waals surface area (Å²) in [4.78, 5) is 31.3. The summed E-state index contributed by atoms with van der Waals surface area (Å²) in [5.41, 5.74) is 4.68. The van der Waals surface area contributed by atoms with Crippen LogP contribution in [0, 0.1) is 0 Å². The molecule has 0 bridgehead atoms. The number of pyridine rings is 1. The summed E-state index contributed by atoms with van der Waals surface area (Å²) in [5, 5.41) is 52.7. The lowest BCUT2D eigenvalue weighted by atomic mass is 9.85. The number of aliphatic hydroxyl groups excluding tert-OH is 5. The molecule has 2 amide bonds. The van der Waals surface area contributed by atoms with Crippen molar-refractivity contribution in [2.45, 2.75) is 99.1 Å². The van der Waals surface area contributed by atoms with Gasteiger partial charge in [-0.05, 0) is 110 Å². The van der Waals surface area contributed by atoms with Crippen molar-refractivity contribution < 1.29 is 39.9 Å². The van der Waals surface area contributed by atoms with E-state index in [2.05, 4.69) is 40.6 Å². The van der Waals surface area contributed by atoms with Gasteiger partial charge in [-0.1, -0.05) is 29.8 Å². The van der Waals surface area contributed by atoms with Crippen molar-refractivity contribution >= 4 is 35.2 Å². The average molecular weight is 756 g/mol. The summed E-state index contributed by atoms with van der Waals surface area (Å²) in [6.07, 6.45) is 3.99. The minimum absolute atomic E-state index is 0.0341. The van der Waals surface area contributed by atoms with Crippen LogP contribution in [-0.2, 0) is 21.4 Å². The molecule has 11 nitrogen and oxygen atoms in total. The second-order valence-electron chi connectivity index (χ2n) is 13.8. The lowest BCUT2D eigenvalue weighted by molar-refractivity contribution is -0.158. The Morgan fingerprint density at radius 1 is 1.04 bits per heavy atom. The van der Waals surface area contributed by atoms with E-state index < -0.39 is 36.9 Å². The molecule has 0 radical (unpaired) electrons. The number of aromatic nitrogens is 1. The van der Waals surface area contributed by atoms with Gasteiger partial charge in [-0.25, -0.2) is 0 Å². The Bertz CT molecular complexity index is 1660. The summed E-state index contributed by atoms with van der Waals surface area (Å²) in [5.74, 6) is 0.561. The third kappa shape index (κ3) is 10.7. The highest BCUT2D eigenvalue weighted by Gasteiger charge is 2.45. The number of aryl methyl sites for hydroxylation is 1. The maximum atomic E-state index is 13.0. The molecule has 6 N–H and O–H groups in total. The number of thioether (sulfide) groups is 1. The minimum atomic E-state index is -2.02. The lowest BCUT2D eigenvalue weighted by Crippen LogP contribution is -2.53. The first-order valence-corrected chi connectivity index (χ1v) is 19.4. The molecule has 0 saturated heterocycles. The van der Waals surface area contributed by atoms with Gasteiger partial charge in [0.15, 0.2) is 6.10 Å². The minimum Gasteiger partial charge on any atom is -0.490 e. The van der Waals surface area contributed by atoms with E-state index in [4.69, 9.17) is 21.4 Å². The first-order chi connectivity index (χ1) is 25.0. The van der Waals surface area contributed by atoms with Gasteiger partial charge in [-0.3, -0.25) is 14.6 Å². The quantitative estimate of drug-likeness (QED) is 0.0693. The molecule has 1 heterocycles. The maximum absolute atomic E-state index is 13.0. The van der Waals surface area contributed by atoms with E-state index >= 15 is 0 Å². The van der Waals surface area contributed by atoms with Crippen LogP contribution in [0.2, 0.25) is 5.02 Å². The zero-order chi connectivity index (χ0) is 37.3. The fourth-order valence-corrected chi connectivity index (χ4v) is 7.56. The van der Waals surface area contributed by atoms with Gasteiger partial charge >= 0.3 is 0 Å². The molecule has 0 spiro atoms. The molecule has 2 aliphatic rings. The number of rotatable bonds is 21. The van der Waals surface area contributed by atoms with Crippen LogP contribution in [0.5, 0.6) is 5.75 Å². The molecular weight excluding hydrogens is 706 g/mol. The Balaban J connectivity index is 1.16. The van der Waals surface area contributed by atoms with Crippen LogP contribution >= 0.6 is 23.4 Å². The molecule has 282 valence electrons. The third-order valence-corrected chi connectivity index (χ3v) is 11.2. The fourth-order valence-electron chi connectivity index (χ4n) is 6.37. The number of amides is 2. The van der Waals surface area contributed by atoms with Crippen LogP contribution in [-0.4, -0.2) is 110 Å². The van der Waals surface area contributed by atoms with Gasteiger partial charge in [0, 0.05) is 54.4 Å². The molecule has 4 atom stereocenters.